The van der Waals surface area contributed by atoms with E-state index in [0.29, 0.717) is 18.0 Å². The van der Waals surface area contributed by atoms with E-state index in [9.17, 15) is 4.79 Å². The van der Waals surface area contributed by atoms with Crippen molar-refractivity contribution in [1.29, 1.82) is 0 Å². The van der Waals surface area contributed by atoms with Crippen molar-refractivity contribution in [3.8, 4) is 0 Å². The van der Waals surface area contributed by atoms with Crippen LogP contribution >= 0.6 is 11.8 Å². The number of benzene rings is 2. The number of aryl methyl sites for hydroxylation is 1. The third-order valence-corrected chi connectivity index (χ3v) is 7.76. The molecule has 0 aliphatic carbocycles. The van der Waals surface area contributed by atoms with Crippen LogP contribution in [-0.4, -0.2) is 50.9 Å². The van der Waals surface area contributed by atoms with Gasteiger partial charge in [-0.25, -0.2) is 0 Å². The summed E-state index contributed by atoms with van der Waals surface area (Å²) in [5.41, 5.74) is 5.27. The summed E-state index contributed by atoms with van der Waals surface area (Å²) in [6.07, 6.45) is 12.0. The summed E-state index contributed by atoms with van der Waals surface area (Å²) in [4.78, 5) is 24.7. The fraction of sp³-hybridized carbons (Fsp3) is 0.290. The lowest BCUT2D eigenvalue weighted by Crippen LogP contribution is -2.43. The van der Waals surface area contributed by atoms with Gasteiger partial charge < -0.3 is 15.1 Å². The van der Waals surface area contributed by atoms with E-state index in [0.717, 1.165) is 48.0 Å². The smallest absolute Gasteiger partial charge is 0.265 e. The minimum atomic E-state index is -0.0257. The van der Waals surface area contributed by atoms with Crippen molar-refractivity contribution in [2.75, 3.05) is 49.1 Å². The van der Waals surface area contributed by atoms with Gasteiger partial charge in [0.2, 0.25) is 0 Å². The van der Waals surface area contributed by atoms with Gasteiger partial charge in [0, 0.05) is 42.5 Å². The minimum Gasteiger partial charge on any atom is -0.369 e. The van der Waals surface area contributed by atoms with Crippen LogP contribution in [-0.2, 0) is 4.79 Å². The highest BCUT2D eigenvalue weighted by atomic mass is 32.2. The maximum atomic E-state index is 14.1. The molecule has 0 saturated carbocycles. The molecule has 2 aromatic rings. The molecule has 5 nitrogen and oxygen atoms in total. The molecule has 37 heavy (non-hydrogen) atoms. The van der Waals surface area contributed by atoms with E-state index < -0.39 is 0 Å². The number of thioether (sulfide) groups is 1. The average molecular weight is 513 g/mol. The number of nitrogens with zero attached hydrogens (tertiary/aromatic N) is 3. The molecule has 2 aliphatic heterocycles. The van der Waals surface area contributed by atoms with Crippen LogP contribution in [0.15, 0.2) is 94.9 Å². The molecule has 0 bridgehead atoms. The Kier molecular flexibility index (Phi) is 9.58. The number of rotatable bonds is 8. The summed E-state index contributed by atoms with van der Waals surface area (Å²) >= 11 is 1.52. The summed E-state index contributed by atoms with van der Waals surface area (Å²) in [6, 6.07) is 16.8. The quantitative estimate of drug-likeness (QED) is 0.441. The zero-order chi connectivity index (χ0) is 26.0. The number of anilines is 2. The lowest BCUT2D eigenvalue weighted by molar-refractivity contribution is -0.114. The van der Waals surface area contributed by atoms with Crippen molar-refractivity contribution >= 4 is 39.7 Å². The van der Waals surface area contributed by atoms with Crippen molar-refractivity contribution in [2.45, 2.75) is 20.8 Å². The highest BCUT2D eigenvalue weighted by Crippen LogP contribution is 2.35. The van der Waals surface area contributed by atoms with E-state index >= 15 is 0 Å². The molecule has 1 fully saturated rings. The molecule has 1 amide bonds. The van der Waals surface area contributed by atoms with E-state index in [1.807, 2.05) is 49.1 Å². The van der Waals surface area contributed by atoms with Gasteiger partial charge in [-0.1, -0.05) is 72.0 Å². The van der Waals surface area contributed by atoms with Crippen LogP contribution in [0, 0.1) is 6.92 Å². The molecule has 1 saturated heterocycles. The Morgan fingerprint density at radius 2 is 1.76 bits per heavy atom. The van der Waals surface area contributed by atoms with E-state index in [1.54, 1.807) is 0 Å². The number of piperazine rings is 1. The Morgan fingerprint density at radius 3 is 2.43 bits per heavy atom. The molecule has 0 atom stereocenters. The predicted molar refractivity (Wildman–Crippen MR) is 161 cm³/mol. The second-order valence-electron chi connectivity index (χ2n) is 9.04. The lowest BCUT2D eigenvalue weighted by atomic mass is 10.1. The summed E-state index contributed by atoms with van der Waals surface area (Å²) in [7, 11) is 0. The highest BCUT2D eigenvalue weighted by Gasteiger charge is 2.23. The van der Waals surface area contributed by atoms with Crippen molar-refractivity contribution in [1.82, 2.24) is 5.32 Å². The van der Waals surface area contributed by atoms with E-state index in [-0.39, 0.29) is 5.91 Å². The third kappa shape index (κ3) is 7.12. The predicted octanol–water partition coefficient (Wildman–Crippen LogP) is 6.00. The van der Waals surface area contributed by atoms with Crippen LogP contribution in [0.3, 0.4) is 0 Å². The van der Waals surface area contributed by atoms with Gasteiger partial charge in [0.1, 0.15) is 0 Å². The van der Waals surface area contributed by atoms with Crippen LogP contribution < -0.4 is 15.1 Å². The first kappa shape index (κ1) is 26.7. The zero-order valence-electron chi connectivity index (χ0n) is 22.0. The number of aliphatic imine (C=N–C) groups is 1. The molecule has 0 aromatic heterocycles. The van der Waals surface area contributed by atoms with E-state index in [2.05, 4.69) is 76.7 Å². The summed E-state index contributed by atoms with van der Waals surface area (Å²) in [5, 5.41) is 3.40. The van der Waals surface area contributed by atoms with Crippen LogP contribution in [0.1, 0.15) is 25.0 Å². The molecule has 2 aliphatic rings. The van der Waals surface area contributed by atoms with Crippen LogP contribution in [0.5, 0.6) is 0 Å². The summed E-state index contributed by atoms with van der Waals surface area (Å²) in [6.45, 7) is 11.0. The fourth-order valence-corrected chi connectivity index (χ4v) is 5.24. The lowest BCUT2D eigenvalue weighted by Gasteiger charge is -2.30. The minimum absolute atomic E-state index is 0.0257. The molecule has 6 heteroatoms. The molecule has 2 heterocycles. The molecule has 0 spiro atoms. The molecule has 192 valence electrons. The number of carbonyl (C=O) groups excluding carboxylic acids is 1. The summed E-state index contributed by atoms with van der Waals surface area (Å²) in [5.74, 6) is -0.0257. The molecule has 4 rings (SSSR count). The van der Waals surface area contributed by atoms with Gasteiger partial charge in [-0.15, -0.1) is 0 Å². The normalized spacial score (nSPS) is 16.4. The average Bonchev–Trinajstić information content (AvgIpc) is 3.22. The Bertz CT molecular complexity index is 1220. The Morgan fingerprint density at radius 1 is 1.03 bits per heavy atom. The Balaban J connectivity index is 1.60. The van der Waals surface area contributed by atoms with Gasteiger partial charge in [-0.2, -0.15) is 0 Å². The molecule has 0 unspecified atom stereocenters. The largest absolute Gasteiger partial charge is 0.369 e. The van der Waals surface area contributed by atoms with Crippen molar-refractivity contribution in [2.24, 2.45) is 4.99 Å². The van der Waals surface area contributed by atoms with Crippen LogP contribution in [0.4, 0.5) is 11.4 Å². The van der Waals surface area contributed by atoms with E-state index in [1.165, 1.54) is 23.0 Å². The standard InChI is InChI=1S/C31H36N4OS/c1-4-29(25-12-10-24(3)11-13-25)37-30(5-2)31(36)35(23-26-9-7-6-8-18-33-26)28-16-14-27(15-17-28)34-21-19-32-20-22-34/h4-17,32H,18-23H2,1-3H3/b29-4-,30-5+. The van der Waals surface area contributed by atoms with Crippen LogP contribution in [0.25, 0.3) is 4.91 Å². The maximum Gasteiger partial charge on any atom is 0.265 e. The second-order valence-corrected chi connectivity index (χ2v) is 10.1. The van der Waals surface area contributed by atoms with Crippen LogP contribution in [0.2, 0.25) is 0 Å². The fourth-order valence-electron chi connectivity index (χ4n) is 4.32. The summed E-state index contributed by atoms with van der Waals surface area (Å²) < 4.78 is 0. The number of nitrogens with one attached hydrogen (secondary N) is 1. The SMILES string of the molecule is C/C=C(\S/C(=C/C)C(=O)N(CC1=NCC=CC=C1)c1ccc(N2CCNCC2)cc1)c1ccc(C)cc1. The first-order chi connectivity index (χ1) is 18.1. The molecular weight excluding hydrogens is 476 g/mol. The molecular formula is C31H36N4OS. The van der Waals surface area contributed by atoms with Gasteiger partial charge in [-0.05, 0) is 56.7 Å². The van der Waals surface area contributed by atoms with Gasteiger partial charge >= 0.3 is 0 Å². The highest BCUT2D eigenvalue weighted by molar-refractivity contribution is 8.12. The number of allylic oxidation sites excluding steroid dienone is 4. The Labute approximate surface area is 225 Å². The topological polar surface area (TPSA) is 47.9 Å². The van der Waals surface area contributed by atoms with Crippen molar-refractivity contribution in [3.05, 3.63) is 101 Å². The van der Waals surface area contributed by atoms with Gasteiger partial charge in [-0.3, -0.25) is 9.79 Å². The van der Waals surface area contributed by atoms with Gasteiger partial charge in [0.05, 0.1) is 23.7 Å². The number of hydrogen-bond acceptors (Lipinski definition) is 5. The first-order valence-electron chi connectivity index (χ1n) is 12.9. The monoisotopic (exact) mass is 512 g/mol. The van der Waals surface area contributed by atoms with Crippen molar-refractivity contribution < 1.29 is 4.79 Å². The third-order valence-electron chi connectivity index (χ3n) is 6.44. The van der Waals surface area contributed by atoms with Gasteiger partial charge in [0.25, 0.3) is 5.91 Å². The number of hydrogen-bond donors (Lipinski definition) is 1. The molecule has 1 N–H and O–H groups in total. The number of amides is 1. The van der Waals surface area contributed by atoms with E-state index in [4.69, 9.17) is 0 Å². The Hall–Kier alpha value is -3.35. The maximum absolute atomic E-state index is 14.1. The first-order valence-corrected chi connectivity index (χ1v) is 13.7. The van der Waals surface area contributed by atoms with Gasteiger partial charge in [0.15, 0.2) is 0 Å². The molecule has 0 radical (unpaired) electrons. The number of carbonyl (C=O) groups is 1. The molecule has 2 aromatic carbocycles. The van der Waals surface area contributed by atoms with Crippen molar-refractivity contribution in [3.63, 3.8) is 0 Å². The zero-order valence-corrected chi connectivity index (χ0v) is 22.8. The second kappa shape index (κ2) is 13.3.